The summed E-state index contributed by atoms with van der Waals surface area (Å²) < 4.78 is 28.5. The third-order valence-electron chi connectivity index (χ3n) is 5.50. The first kappa shape index (κ1) is 20.1. The predicted molar refractivity (Wildman–Crippen MR) is 101 cm³/mol. The number of carbonyl (C=O) groups excluding carboxylic acids is 2. The van der Waals surface area contributed by atoms with Crippen LogP contribution in [-0.4, -0.2) is 59.4 Å². The third-order valence-corrected chi connectivity index (χ3v) is 5.50. The lowest BCUT2D eigenvalue weighted by Crippen LogP contribution is -2.56. The molecule has 3 aliphatic rings. The Morgan fingerprint density at radius 1 is 1.14 bits per heavy atom. The average molecular weight is 405 g/mol. The van der Waals surface area contributed by atoms with E-state index in [0.717, 1.165) is 5.56 Å². The van der Waals surface area contributed by atoms with Crippen LogP contribution in [0, 0.1) is 0 Å². The fourth-order valence-electron chi connectivity index (χ4n) is 4.19. The topological polar surface area (TPSA) is 83.5 Å². The second kappa shape index (κ2) is 7.27. The second-order valence-electron chi connectivity index (χ2n) is 8.54. The third kappa shape index (κ3) is 3.97. The van der Waals surface area contributed by atoms with E-state index in [1.807, 2.05) is 30.3 Å². The largest absolute Gasteiger partial charge is 0.458 e. The molecule has 0 radical (unpaired) electrons. The first-order valence-electron chi connectivity index (χ1n) is 9.86. The Labute approximate surface area is 170 Å². The molecule has 0 bridgehead atoms. The monoisotopic (exact) mass is 405 g/mol. The van der Waals surface area contributed by atoms with Crippen LogP contribution in [-0.2, 0) is 35.1 Å². The molecule has 1 aromatic rings. The van der Waals surface area contributed by atoms with Gasteiger partial charge in [0.2, 0.25) is 0 Å². The van der Waals surface area contributed by atoms with Gasteiger partial charge < -0.3 is 23.7 Å². The Bertz CT molecular complexity index is 778. The zero-order valence-electron chi connectivity index (χ0n) is 17.1. The number of ether oxygens (including phenoxy) is 5. The van der Waals surface area contributed by atoms with Crippen LogP contribution in [0.2, 0.25) is 0 Å². The van der Waals surface area contributed by atoms with E-state index in [1.54, 1.807) is 27.7 Å². The van der Waals surface area contributed by atoms with Crippen molar-refractivity contribution in [2.24, 2.45) is 0 Å². The SMILES string of the molecule is CC1(C)O[C@@H]2C[C@@H]([C@H]3COC(C)(C)N3C(=O)OCc3ccccc3)OC(=O)[C@@H]2O1. The van der Waals surface area contributed by atoms with Crippen LogP contribution in [0.3, 0.4) is 0 Å². The van der Waals surface area contributed by atoms with Gasteiger partial charge in [0.25, 0.3) is 0 Å². The molecule has 0 aromatic heterocycles. The zero-order valence-corrected chi connectivity index (χ0v) is 17.1. The highest BCUT2D eigenvalue weighted by molar-refractivity contribution is 5.77. The average Bonchev–Trinajstić information content (AvgIpc) is 3.15. The minimum Gasteiger partial charge on any atom is -0.458 e. The minimum absolute atomic E-state index is 0.152. The van der Waals surface area contributed by atoms with Crippen molar-refractivity contribution < 1.29 is 33.3 Å². The Balaban J connectivity index is 1.47. The lowest BCUT2D eigenvalue weighted by Gasteiger charge is -2.38. The van der Waals surface area contributed by atoms with Crippen LogP contribution < -0.4 is 0 Å². The van der Waals surface area contributed by atoms with Crippen LogP contribution in [0.25, 0.3) is 0 Å². The molecule has 3 aliphatic heterocycles. The summed E-state index contributed by atoms with van der Waals surface area (Å²) in [6.07, 6.45) is -1.81. The molecule has 158 valence electrons. The van der Waals surface area contributed by atoms with Crippen LogP contribution in [0.5, 0.6) is 0 Å². The number of esters is 1. The number of cyclic esters (lactones) is 1. The zero-order chi connectivity index (χ0) is 20.8. The van der Waals surface area contributed by atoms with E-state index >= 15 is 0 Å². The van der Waals surface area contributed by atoms with Crippen molar-refractivity contribution in [3.8, 4) is 0 Å². The molecular weight excluding hydrogens is 378 g/mol. The fraction of sp³-hybridized carbons (Fsp3) is 0.619. The molecule has 0 N–H and O–H groups in total. The number of nitrogens with zero attached hydrogens (tertiary/aromatic N) is 1. The summed E-state index contributed by atoms with van der Waals surface area (Å²) in [6.45, 7) is 7.52. The van der Waals surface area contributed by atoms with Gasteiger partial charge >= 0.3 is 12.1 Å². The van der Waals surface area contributed by atoms with Gasteiger partial charge in [-0.2, -0.15) is 0 Å². The molecule has 1 aromatic carbocycles. The molecule has 8 nitrogen and oxygen atoms in total. The molecule has 3 saturated heterocycles. The smallest absolute Gasteiger partial charge is 0.412 e. The van der Waals surface area contributed by atoms with Crippen LogP contribution >= 0.6 is 0 Å². The molecule has 29 heavy (non-hydrogen) atoms. The van der Waals surface area contributed by atoms with Crippen molar-refractivity contribution in [3.05, 3.63) is 35.9 Å². The molecule has 8 heteroatoms. The fourth-order valence-corrected chi connectivity index (χ4v) is 4.19. The van der Waals surface area contributed by atoms with E-state index in [4.69, 9.17) is 23.7 Å². The number of carbonyl (C=O) groups is 2. The van der Waals surface area contributed by atoms with Gasteiger partial charge in [-0.15, -0.1) is 0 Å². The standard InChI is InChI=1S/C21H27NO7/c1-20(2)22(19(24)25-11-13-8-6-5-7-9-13)14(12-26-20)15-10-16-17(18(23)27-15)29-21(3,4)28-16/h5-9,14-17H,10-12H2,1-4H3/t14-,15+,16-,17-/m1/s1. The van der Waals surface area contributed by atoms with Gasteiger partial charge in [-0.3, -0.25) is 4.90 Å². The maximum absolute atomic E-state index is 12.9. The molecule has 4 rings (SSSR count). The van der Waals surface area contributed by atoms with E-state index in [-0.39, 0.29) is 13.2 Å². The highest BCUT2D eigenvalue weighted by Gasteiger charge is 2.56. The van der Waals surface area contributed by atoms with E-state index in [1.165, 1.54) is 4.90 Å². The Kier molecular flexibility index (Phi) is 5.04. The Morgan fingerprint density at radius 3 is 2.59 bits per heavy atom. The van der Waals surface area contributed by atoms with E-state index in [0.29, 0.717) is 6.42 Å². The normalized spacial score (nSPS) is 32.6. The van der Waals surface area contributed by atoms with Gasteiger partial charge in [0.1, 0.15) is 24.5 Å². The summed E-state index contributed by atoms with van der Waals surface area (Å²) >= 11 is 0. The second-order valence-corrected chi connectivity index (χ2v) is 8.54. The molecule has 3 heterocycles. The van der Waals surface area contributed by atoms with Gasteiger partial charge in [-0.25, -0.2) is 9.59 Å². The van der Waals surface area contributed by atoms with Crippen molar-refractivity contribution in [1.82, 2.24) is 4.90 Å². The number of amides is 1. The van der Waals surface area contributed by atoms with E-state index < -0.39 is 47.9 Å². The molecule has 0 unspecified atom stereocenters. The van der Waals surface area contributed by atoms with Crippen molar-refractivity contribution in [3.63, 3.8) is 0 Å². The Morgan fingerprint density at radius 2 is 1.86 bits per heavy atom. The van der Waals surface area contributed by atoms with Crippen molar-refractivity contribution in [2.45, 2.75) is 76.6 Å². The predicted octanol–water partition coefficient (Wildman–Crippen LogP) is 2.60. The maximum Gasteiger partial charge on any atom is 0.412 e. The Hall–Kier alpha value is -2.16. The van der Waals surface area contributed by atoms with Crippen molar-refractivity contribution >= 4 is 12.1 Å². The molecule has 0 spiro atoms. The summed E-state index contributed by atoms with van der Waals surface area (Å²) in [7, 11) is 0. The summed E-state index contributed by atoms with van der Waals surface area (Å²) in [5, 5.41) is 0. The van der Waals surface area contributed by atoms with E-state index in [9.17, 15) is 9.59 Å². The number of rotatable bonds is 3. The van der Waals surface area contributed by atoms with Gasteiger partial charge in [0.15, 0.2) is 11.9 Å². The minimum atomic E-state index is -0.881. The first-order valence-corrected chi connectivity index (χ1v) is 9.86. The van der Waals surface area contributed by atoms with Crippen LogP contribution in [0.1, 0.15) is 39.7 Å². The molecule has 0 saturated carbocycles. The van der Waals surface area contributed by atoms with Crippen molar-refractivity contribution in [2.75, 3.05) is 6.61 Å². The number of hydrogen-bond donors (Lipinski definition) is 0. The quantitative estimate of drug-likeness (QED) is 0.715. The lowest BCUT2D eigenvalue weighted by atomic mass is 9.97. The summed E-state index contributed by atoms with van der Waals surface area (Å²) in [4.78, 5) is 26.9. The van der Waals surface area contributed by atoms with Gasteiger partial charge in [-0.05, 0) is 33.3 Å². The van der Waals surface area contributed by atoms with Gasteiger partial charge in [0, 0.05) is 6.42 Å². The maximum atomic E-state index is 12.9. The molecule has 4 atom stereocenters. The van der Waals surface area contributed by atoms with E-state index in [2.05, 4.69) is 0 Å². The molecule has 3 fully saturated rings. The molecule has 1 amide bonds. The first-order chi connectivity index (χ1) is 13.7. The highest BCUT2D eigenvalue weighted by atomic mass is 16.8. The van der Waals surface area contributed by atoms with Gasteiger partial charge in [-0.1, -0.05) is 30.3 Å². The van der Waals surface area contributed by atoms with Crippen LogP contribution in [0.4, 0.5) is 4.79 Å². The number of hydrogen-bond acceptors (Lipinski definition) is 7. The summed E-state index contributed by atoms with van der Waals surface area (Å²) in [5.41, 5.74) is 0.00885. The van der Waals surface area contributed by atoms with Gasteiger partial charge in [0.05, 0.1) is 12.6 Å². The molecular formula is C21H27NO7. The summed E-state index contributed by atoms with van der Waals surface area (Å²) in [6, 6.07) is 8.98. The van der Waals surface area contributed by atoms with Crippen molar-refractivity contribution in [1.29, 1.82) is 0 Å². The van der Waals surface area contributed by atoms with Crippen LogP contribution in [0.15, 0.2) is 30.3 Å². The molecule has 0 aliphatic carbocycles. The summed E-state index contributed by atoms with van der Waals surface area (Å²) in [5.74, 6) is -1.32. The lowest BCUT2D eigenvalue weighted by molar-refractivity contribution is -0.176. The number of fused-ring (bicyclic) bond motifs is 1. The highest BCUT2D eigenvalue weighted by Crippen LogP contribution is 2.39. The number of benzene rings is 1.